The lowest BCUT2D eigenvalue weighted by Gasteiger charge is -2.01. The summed E-state index contributed by atoms with van der Waals surface area (Å²) < 4.78 is 1.78. The van der Waals surface area contributed by atoms with Crippen molar-refractivity contribution in [2.75, 3.05) is 0 Å². The van der Waals surface area contributed by atoms with Crippen LogP contribution in [0.1, 0.15) is 24.1 Å². The fourth-order valence-corrected chi connectivity index (χ4v) is 1.89. The van der Waals surface area contributed by atoms with Crippen molar-refractivity contribution in [3.8, 4) is 0 Å². The van der Waals surface area contributed by atoms with Crippen LogP contribution in [-0.2, 0) is 24.2 Å². The lowest BCUT2D eigenvalue weighted by atomic mass is 10.1. The highest BCUT2D eigenvalue weighted by molar-refractivity contribution is 5.66. The number of rotatable bonds is 7. The van der Waals surface area contributed by atoms with E-state index in [4.69, 9.17) is 5.11 Å². The number of hydrogen-bond donors (Lipinski definition) is 1. The molecule has 5 nitrogen and oxygen atoms in total. The van der Waals surface area contributed by atoms with Crippen LogP contribution in [0.2, 0.25) is 0 Å². The van der Waals surface area contributed by atoms with Gasteiger partial charge >= 0.3 is 5.97 Å². The van der Waals surface area contributed by atoms with Gasteiger partial charge < -0.3 is 5.11 Å². The van der Waals surface area contributed by atoms with E-state index in [2.05, 4.69) is 22.4 Å². The summed E-state index contributed by atoms with van der Waals surface area (Å²) in [6, 6.07) is 10.3. The molecule has 1 aromatic heterocycles. The lowest BCUT2D eigenvalue weighted by molar-refractivity contribution is -0.136. The molecular weight excluding hydrogens is 242 g/mol. The van der Waals surface area contributed by atoms with E-state index in [0.29, 0.717) is 6.42 Å². The van der Waals surface area contributed by atoms with Crippen molar-refractivity contribution in [3.05, 3.63) is 47.8 Å². The van der Waals surface area contributed by atoms with Crippen molar-refractivity contribution in [2.24, 2.45) is 0 Å². The fourth-order valence-electron chi connectivity index (χ4n) is 1.89. The van der Waals surface area contributed by atoms with Crippen LogP contribution in [0.15, 0.2) is 36.5 Å². The molecule has 100 valence electrons. The van der Waals surface area contributed by atoms with E-state index in [9.17, 15) is 4.79 Å². The van der Waals surface area contributed by atoms with Crippen molar-refractivity contribution >= 4 is 5.97 Å². The molecule has 0 saturated carbocycles. The van der Waals surface area contributed by atoms with Gasteiger partial charge in [0.1, 0.15) is 0 Å². The van der Waals surface area contributed by atoms with E-state index in [0.717, 1.165) is 25.1 Å². The Bertz CT molecular complexity index is 522. The first-order chi connectivity index (χ1) is 9.24. The zero-order valence-corrected chi connectivity index (χ0v) is 10.7. The smallest absolute Gasteiger partial charge is 0.303 e. The van der Waals surface area contributed by atoms with Crippen molar-refractivity contribution in [1.29, 1.82) is 0 Å². The highest BCUT2D eigenvalue weighted by Crippen LogP contribution is 2.04. The Balaban J connectivity index is 1.76. The maximum atomic E-state index is 10.5. The summed E-state index contributed by atoms with van der Waals surface area (Å²) in [5.74, 6) is -0.807. The Morgan fingerprint density at radius 1 is 1.21 bits per heavy atom. The third-order valence-corrected chi connectivity index (χ3v) is 2.88. The van der Waals surface area contributed by atoms with Crippen LogP contribution >= 0.6 is 0 Å². The molecule has 0 saturated heterocycles. The Morgan fingerprint density at radius 3 is 2.74 bits per heavy atom. The number of aromatic nitrogens is 3. The molecule has 0 aliphatic heterocycles. The van der Waals surface area contributed by atoms with Crippen LogP contribution in [0.3, 0.4) is 0 Å². The molecule has 0 fully saturated rings. The van der Waals surface area contributed by atoms with E-state index < -0.39 is 5.97 Å². The van der Waals surface area contributed by atoms with Gasteiger partial charge in [-0.15, -0.1) is 5.10 Å². The highest BCUT2D eigenvalue weighted by atomic mass is 16.4. The second kappa shape index (κ2) is 6.68. The number of aliphatic carboxylic acids is 1. The second-order valence-corrected chi connectivity index (χ2v) is 4.46. The lowest BCUT2D eigenvalue weighted by Crippen LogP contribution is -2.00. The topological polar surface area (TPSA) is 68.0 Å². The predicted octanol–water partition coefficient (Wildman–Crippen LogP) is 1.93. The van der Waals surface area contributed by atoms with Gasteiger partial charge in [-0.3, -0.25) is 9.48 Å². The third-order valence-electron chi connectivity index (χ3n) is 2.88. The monoisotopic (exact) mass is 259 g/mol. The molecule has 2 aromatic rings. The molecule has 0 amide bonds. The zero-order valence-electron chi connectivity index (χ0n) is 10.7. The van der Waals surface area contributed by atoms with E-state index in [-0.39, 0.29) is 6.42 Å². The number of benzene rings is 1. The molecule has 0 bridgehead atoms. The van der Waals surface area contributed by atoms with Gasteiger partial charge in [0.15, 0.2) is 0 Å². The predicted molar refractivity (Wildman–Crippen MR) is 70.7 cm³/mol. The molecule has 0 atom stereocenters. The van der Waals surface area contributed by atoms with Gasteiger partial charge in [-0.2, -0.15) is 0 Å². The third kappa shape index (κ3) is 4.54. The number of aryl methyl sites for hydroxylation is 3. The Labute approximate surface area is 111 Å². The molecule has 5 heteroatoms. The summed E-state index contributed by atoms with van der Waals surface area (Å²) in [4.78, 5) is 10.5. The summed E-state index contributed by atoms with van der Waals surface area (Å²) in [5, 5.41) is 16.6. The van der Waals surface area contributed by atoms with E-state index in [1.165, 1.54) is 5.56 Å². The van der Waals surface area contributed by atoms with Crippen molar-refractivity contribution in [3.63, 3.8) is 0 Å². The maximum Gasteiger partial charge on any atom is 0.303 e. The van der Waals surface area contributed by atoms with Crippen LogP contribution in [-0.4, -0.2) is 26.1 Å². The van der Waals surface area contributed by atoms with Gasteiger partial charge in [0.2, 0.25) is 0 Å². The van der Waals surface area contributed by atoms with Crippen LogP contribution < -0.4 is 0 Å². The van der Waals surface area contributed by atoms with Crippen LogP contribution in [0.5, 0.6) is 0 Å². The number of nitrogens with zero attached hydrogens (tertiary/aromatic N) is 3. The number of hydrogen-bond acceptors (Lipinski definition) is 3. The summed E-state index contributed by atoms with van der Waals surface area (Å²) in [7, 11) is 0. The molecule has 0 radical (unpaired) electrons. The maximum absolute atomic E-state index is 10.5. The molecule has 0 aliphatic rings. The number of carbonyl (C=O) groups is 1. The summed E-state index contributed by atoms with van der Waals surface area (Å²) in [6.45, 7) is 0.801. The Morgan fingerprint density at radius 2 is 2.00 bits per heavy atom. The SMILES string of the molecule is O=C(O)CCc1cn(CCCc2ccccc2)nn1. The Kier molecular flexibility index (Phi) is 4.66. The first-order valence-electron chi connectivity index (χ1n) is 6.39. The van der Waals surface area contributed by atoms with Crippen LogP contribution in [0.25, 0.3) is 0 Å². The minimum Gasteiger partial charge on any atom is -0.481 e. The van der Waals surface area contributed by atoms with Gasteiger partial charge in [-0.05, 0) is 18.4 Å². The molecule has 1 N–H and O–H groups in total. The largest absolute Gasteiger partial charge is 0.481 e. The van der Waals surface area contributed by atoms with E-state index in [1.807, 2.05) is 24.4 Å². The summed E-state index contributed by atoms with van der Waals surface area (Å²) >= 11 is 0. The van der Waals surface area contributed by atoms with Crippen LogP contribution in [0.4, 0.5) is 0 Å². The molecule has 0 spiro atoms. The summed E-state index contributed by atoms with van der Waals surface area (Å²) in [6.07, 6.45) is 4.36. The van der Waals surface area contributed by atoms with Crippen molar-refractivity contribution in [1.82, 2.24) is 15.0 Å². The van der Waals surface area contributed by atoms with Gasteiger partial charge in [-0.1, -0.05) is 35.5 Å². The van der Waals surface area contributed by atoms with E-state index in [1.54, 1.807) is 4.68 Å². The van der Waals surface area contributed by atoms with Crippen LogP contribution in [0, 0.1) is 0 Å². The highest BCUT2D eigenvalue weighted by Gasteiger charge is 2.03. The number of carboxylic acids is 1. The van der Waals surface area contributed by atoms with Gasteiger partial charge in [-0.25, -0.2) is 0 Å². The standard InChI is InChI=1S/C14H17N3O2/c18-14(19)9-8-13-11-17(16-15-13)10-4-7-12-5-2-1-3-6-12/h1-3,5-6,11H,4,7-10H2,(H,18,19). The molecule has 1 aromatic carbocycles. The molecule has 0 unspecified atom stereocenters. The quantitative estimate of drug-likeness (QED) is 0.825. The Hall–Kier alpha value is -2.17. The molecule has 1 heterocycles. The molecule has 2 rings (SSSR count). The fraction of sp³-hybridized carbons (Fsp3) is 0.357. The molecule has 19 heavy (non-hydrogen) atoms. The minimum atomic E-state index is -0.807. The average molecular weight is 259 g/mol. The minimum absolute atomic E-state index is 0.0999. The second-order valence-electron chi connectivity index (χ2n) is 4.46. The van der Waals surface area contributed by atoms with Gasteiger partial charge in [0.05, 0.1) is 12.1 Å². The average Bonchev–Trinajstić information content (AvgIpc) is 2.86. The first-order valence-corrected chi connectivity index (χ1v) is 6.39. The first kappa shape index (κ1) is 13.3. The zero-order chi connectivity index (χ0) is 13.5. The summed E-state index contributed by atoms with van der Waals surface area (Å²) in [5.41, 5.74) is 2.05. The van der Waals surface area contributed by atoms with Crippen molar-refractivity contribution in [2.45, 2.75) is 32.2 Å². The normalized spacial score (nSPS) is 10.5. The van der Waals surface area contributed by atoms with Crippen molar-refractivity contribution < 1.29 is 9.90 Å². The van der Waals surface area contributed by atoms with Gasteiger partial charge in [0, 0.05) is 19.2 Å². The van der Waals surface area contributed by atoms with Gasteiger partial charge in [0.25, 0.3) is 0 Å². The van der Waals surface area contributed by atoms with E-state index >= 15 is 0 Å². The number of carboxylic acid groups (broad SMARTS) is 1. The molecule has 0 aliphatic carbocycles. The molecular formula is C14H17N3O2.